The number of carbonyl (C=O) groups excluding carboxylic acids is 3. The molecule has 1 spiro atoms. The highest BCUT2D eigenvalue weighted by molar-refractivity contribution is 7.16. The molecule has 1 aliphatic heterocycles. The molecule has 4 rings (SSSR count). The summed E-state index contributed by atoms with van der Waals surface area (Å²) >= 11 is 3.18. The molecule has 9 heteroatoms. The number of rotatable bonds is 5. The van der Waals surface area contributed by atoms with Gasteiger partial charge in [-0.05, 0) is 49.7 Å². The summed E-state index contributed by atoms with van der Waals surface area (Å²) in [5.41, 5.74) is 0.0256. The van der Waals surface area contributed by atoms with E-state index in [0.29, 0.717) is 25.3 Å². The first-order chi connectivity index (χ1) is 14.6. The number of aromatic nitrogens is 1. The van der Waals surface area contributed by atoms with Gasteiger partial charge in [0.1, 0.15) is 12.1 Å². The molecule has 7 nitrogen and oxygen atoms in total. The maximum Gasteiger partial charge on any atom is 0.325 e. The lowest BCUT2D eigenvalue weighted by Crippen LogP contribution is -2.54. The average Bonchev–Trinajstić information content (AvgIpc) is 3.34. The standard InChI is InChI=1S/C22H28N4O3S2/c1-13-7-21(3,4)12-22(8-13)19(28)26(20(29)25-22)10-18(27)23-9-15-5-6-17(31-15)16-11-30-14(2)24-16/h5-6,11,13H,7-10,12H2,1-4H3,(H,23,27)(H,25,29). The predicted molar refractivity (Wildman–Crippen MR) is 122 cm³/mol. The van der Waals surface area contributed by atoms with Crippen molar-refractivity contribution in [3.05, 3.63) is 27.4 Å². The van der Waals surface area contributed by atoms with E-state index in [0.717, 1.165) is 31.8 Å². The summed E-state index contributed by atoms with van der Waals surface area (Å²) in [5.74, 6) is -0.288. The van der Waals surface area contributed by atoms with Crippen molar-refractivity contribution in [3.8, 4) is 10.6 Å². The molecule has 2 aromatic heterocycles. The molecule has 2 aromatic rings. The minimum absolute atomic E-state index is 0.0361. The van der Waals surface area contributed by atoms with Gasteiger partial charge in [-0.3, -0.25) is 14.5 Å². The fourth-order valence-electron chi connectivity index (χ4n) is 5.12. The molecule has 1 aliphatic carbocycles. The molecule has 4 amide bonds. The van der Waals surface area contributed by atoms with Gasteiger partial charge in [0.05, 0.1) is 22.1 Å². The Morgan fingerprint density at radius 3 is 2.77 bits per heavy atom. The van der Waals surface area contributed by atoms with E-state index >= 15 is 0 Å². The summed E-state index contributed by atoms with van der Waals surface area (Å²) in [6.45, 7) is 8.43. The largest absolute Gasteiger partial charge is 0.350 e. The van der Waals surface area contributed by atoms with Gasteiger partial charge in [-0.25, -0.2) is 9.78 Å². The van der Waals surface area contributed by atoms with Crippen LogP contribution in [0.5, 0.6) is 0 Å². The number of nitrogens with zero attached hydrogens (tertiary/aromatic N) is 2. The smallest absolute Gasteiger partial charge is 0.325 e. The van der Waals surface area contributed by atoms with Gasteiger partial charge in [0.15, 0.2) is 0 Å². The predicted octanol–water partition coefficient (Wildman–Crippen LogP) is 3.93. The van der Waals surface area contributed by atoms with Crippen LogP contribution in [0.4, 0.5) is 4.79 Å². The monoisotopic (exact) mass is 460 g/mol. The highest BCUT2D eigenvalue weighted by Gasteiger charge is 2.56. The molecule has 1 saturated carbocycles. The SMILES string of the molecule is Cc1nc(-c2ccc(CNC(=O)CN3C(=O)NC4(CC(C)CC(C)(C)C4)C3=O)s2)cs1. The first-order valence-corrected chi connectivity index (χ1v) is 12.2. The third-order valence-corrected chi connectivity index (χ3v) is 7.80. The molecular formula is C22H28N4O3S2. The quantitative estimate of drug-likeness (QED) is 0.662. The van der Waals surface area contributed by atoms with Gasteiger partial charge in [0.25, 0.3) is 5.91 Å². The van der Waals surface area contributed by atoms with Gasteiger partial charge in [0.2, 0.25) is 5.91 Å². The Balaban J connectivity index is 1.36. The molecule has 2 aliphatic rings. The summed E-state index contributed by atoms with van der Waals surface area (Å²) in [5, 5.41) is 8.78. The fraction of sp³-hybridized carbons (Fsp3) is 0.545. The lowest BCUT2D eigenvalue weighted by molar-refractivity contribution is -0.137. The molecule has 0 radical (unpaired) electrons. The van der Waals surface area contributed by atoms with Gasteiger partial charge >= 0.3 is 6.03 Å². The topological polar surface area (TPSA) is 91.4 Å². The summed E-state index contributed by atoms with van der Waals surface area (Å²) < 4.78 is 0. The second kappa shape index (κ2) is 8.02. The van der Waals surface area contributed by atoms with Crippen LogP contribution in [-0.4, -0.2) is 39.8 Å². The Morgan fingerprint density at radius 2 is 2.10 bits per heavy atom. The molecule has 0 bridgehead atoms. The van der Waals surface area contributed by atoms with Crippen LogP contribution in [0.1, 0.15) is 49.9 Å². The van der Waals surface area contributed by atoms with Gasteiger partial charge in [-0.2, -0.15) is 0 Å². The molecular weight excluding hydrogens is 432 g/mol. The van der Waals surface area contributed by atoms with Gasteiger partial charge in [0, 0.05) is 10.3 Å². The second-order valence-corrected chi connectivity index (χ2v) is 11.8. The van der Waals surface area contributed by atoms with E-state index in [1.807, 2.05) is 24.4 Å². The van der Waals surface area contributed by atoms with Crippen molar-refractivity contribution in [2.75, 3.05) is 6.54 Å². The summed E-state index contributed by atoms with van der Waals surface area (Å²) in [4.78, 5) is 45.8. The van der Waals surface area contributed by atoms with Crippen molar-refractivity contribution in [1.82, 2.24) is 20.5 Å². The van der Waals surface area contributed by atoms with E-state index in [2.05, 4.69) is 36.4 Å². The molecule has 2 unspecified atom stereocenters. The van der Waals surface area contributed by atoms with Crippen LogP contribution < -0.4 is 10.6 Å². The molecule has 3 heterocycles. The zero-order chi connectivity index (χ0) is 22.4. The number of thiazole rings is 1. The average molecular weight is 461 g/mol. The number of carbonyl (C=O) groups is 3. The number of amides is 4. The van der Waals surface area contributed by atoms with Crippen molar-refractivity contribution >= 4 is 40.5 Å². The number of urea groups is 1. The first kappa shape index (κ1) is 22.0. The minimum atomic E-state index is -0.882. The highest BCUT2D eigenvalue weighted by Crippen LogP contribution is 2.46. The zero-order valence-electron chi connectivity index (χ0n) is 18.3. The van der Waals surface area contributed by atoms with Crippen LogP contribution in [0.25, 0.3) is 10.6 Å². The molecule has 31 heavy (non-hydrogen) atoms. The maximum atomic E-state index is 13.2. The van der Waals surface area contributed by atoms with Gasteiger partial charge in [-0.15, -0.1) is 22.7 Å². The third kappa shape index (κ3) is 4.52. The first-order valence-electron chi connectivity index (χ1n) is 10.5. The van der Waals surface area contributed by atoms with Crippen molar-refractivity contribution < 1.29 is 14.4 Å². The van der Waals surface area contributed by atoms with Crippen molar-refractivity contribution in [2.45, 2.75) is 59.0 Å². The lowest BCUT2D eigenvalue weighted by atomic mass is 9.64. The number of aryl methyl sites for hydroxylation is 1. The van der Waals surface area contributed by atoms with Crippen LogP contribution in [0.3, 0.4) is 0 Å². The van der Waals surface area contributed by atoms with E-state index in [1.54, 1.807) is 22.7 Å². The van der Waals surface area contributed by atoms with Crippen molar-refractivity contribution in [2.24, 2.45) is 11.3 Å². The van der Waals surface area contributed by atoms with Crippen LogP contribution in [0.15, 0.2) is 17.5 Å². The Kier molecular flexibility index (Phi) is 5.68. The van der Waals surface area contributed by atoms with E-state index in [-0.39, 0.29) is 23.8 Å². The minimum Gasteiger partial charge on any atom is -0.350 e. The second-order valence-electron chi connectivity index (χ2n) is 9.55. The fourth-order valence-corrected chi connectivity index (χ4v) is 6.72. The number of nitrogens with one attached hydrogen (secondary N) is 2. The Bertz CT molecular complexity index is 1030. The van der Waals surface area contributed by atoms with Gasteiger partial charge in [-0.1, -0.05) is 20.8 Å². The maximum absolute atomic E-state index is 13.2. The molecule has 0 aromatic carbocycles. The highest BCUT2D eigenvalue weighted by atomic mass is 32.1. The summed E-state index contributed by atoms with van der Waals surface area (Å²) in [6, 6.07) is 3.49. The Labute approximate surface area is 190 Å². The Hall–Kier alpha value is -2.26. The van der Waals surface area contributed by atoms with Gasteiger partial charge < -0.3 is 10.6 Å². The molecule has 2 atom stereocenters. The molecule has 2 fully saturated rings. The zero-order valence-corrected chi connectivity index (χ0v) is 19.9. The number of hydrogen-bond acceptors (Lipinski definition) is 6. The molecule has 1 saturated heterocycles. The van der Waals surface area contributed by atoms with Crippen molar-refractivity contribution in [1.29, 1.82) is 0 Å². The van der Waals surface area contributed by atoms with Crippen LogP contribution in [-0.2, 0) is 16.1 Å². The van der Waals surface area contributed by atoms with E-state index in [9.17, 15) is 14.4 Å². The third-order valence-electron chi connectivity index (χ3n) is 5.92. The summed E-state index contributed by atoms with van der Waals surface area (Å²) in [6.07, 6.45) is 2.23. The number of hydrogen-bond donors (Lipinski definition) is 2. The van der Waals surface area contributed by atoms with E-state index < -0.39 is 11.6 Å². The van der Waals surface area contributed by atoms with E-state index in [4.69, 9.17) is 0 Å². The van der Waals surface area contributed by atoms with Crippen LogP contribution in [0, 0.1) is 18.3 Å². The normalized spacial score (nSPS) is 25.2. The van der Waals surface area contributed by atoms with Crippen LogP contribution in [0.2, 0.25) is 0 Å². The van der Waals surface area contributed by atoms with E-state index in [1.165, 1.54) is 0 Å². The lowest BCUT2D eigenvalue weighted by Gasteiger charge is -2.43. The number of imide groups is 1. The molecule has 166 valence electrons. The van der Waals surface area contributed by atoms with Crippen LogP contribution >= 0.6 is 22.7 Å². The summed E-state index contributed by atoms with van der Waals surface area (Å²) in [7, 11) is 0. The molecule has 2 N–H and O–H groups in total. The van der Waals surface area contributed by atoms with Crippen molar-refractivity contribution in [3.63, 3.8) is 0 Å². The number of thiophene rings is 1. The Morgan fingerprint density at radius 1 is 1.32 bits per heavy atom.